The van der Waals surface area contributed by atoms with Crippen LogP contribution in [-0.2, 0) is 27.2 Å². The molecule has 8 aromatic rings. The molecule has 300 valence electrons. The zero-order chi connectivity index (χ0) is 39.3. The molecule has 6 aromatic heterocycles. The Hall–Kier alpha value is -7.10. The van der Waals surface area contributed by atoms with E-state index in [2.05, 4.69) is 40.6 Å². The van der Waals surface area contributed by atoms with Gasteiger partial charge in [0.25, 0.3) is 0 Å². The van der Waals surface area contributed by atoms with Crippen molar-refractivity contribution in [3.63, 3.8) is 0 Å². The molecule has 16 heteroatoms. The SMILES string of the molecule is C.C.CCn1cnc(-c2cccc(C(C)c3nn(-c4cnn(C)c4)ccc3=O)c2)n1.CCn1cnc(-c2cccc(C(C)c3nn(-c4cnn(C)c4)ccc3=O)c2)n1. The van der Waals surface area contributed by atoms with E-state index in [1.54, 1.807) is 77.7 Å². The summed E-state index contributed by atoms with van der Waals surface area (Å²) in [6.45, 7) is 9.54. The van der Waals surface area contributed by atoms with Crippen LogP contribution in [0.15, 0.2) is 120 Å². The van der Waals surface area contributed by atoms with Gasteiger partial charge < -0.3 is 0 Å². The summed E-state index contributed by atoms with van der Waals surface area (Å²) in [4.78, 5) is 33.7. The first-order chi connectivity index (χ1) is 27.1. The summed E-state index contributed by atoms with van der Waals surface area (Å²) in [6, 6.07) is 19.0. The largest absolute Gasteiger partial charge is 0.288 e. The van der Waals surface area contributed by atoms with Gasteiger partial charge in [0, 0.05) is 74.7 Å². The van der Waals surface area contributed by atoms with E-state index >= 15 is 0 Å². The number of hydrogen-bond donors (Lipinski definition) is 0. The van der Waals surface area contributed by atoms with Crippen LogP contribution in [0.5, 0.6) is 0 Å². The Bertz CT molecular complexity index is 2530. The van der Waals surface area contributed by atoms with Crippen molar-refractivity contribution in [3.05, 3.63) is 153 Å². The van der Waals surface area contributed by atoms with Gasteiger partial charge in [0.2, 0.25) is 10.9 Å². The second-order valence-corrected chi connectivity index (χ2v) is 13.3. The molecule has 0 aliphatic heterocycles. The van der Waals surface area contributed by atoms with E-state index in [9.17, 15) is 9.59 Å². The molecule has 0 saturated heterocycles. The Morgan fingerprint density at radius 1 is 0.586 bits per heavy atom. The molecule has 0 fully saturated rings. The molecule has 0 bridgehead atoms. The van der Waals surface area contributed by atoms with Crippen molar-refractivity contribution >= 4 is 0 Å². The van der Waals surface area contributed by atoms with Crippen molar-refractivity contribution in [1.82, 2.24) is 68.7 Å². The molecule has 0 aliphatic carbocycles. The number of aryl methyl sites for hydroxylation is 4. The summed E-state index contributed by atoms with van der Waals surface area (Å²) in [7, 11) is 3.68. The Balaban J connectivity index is 0.000000214. The van der Waals surface area contributed by atoms with Crippen molar-refractivity contribution in [2.75, 3.05) is 0 Å². The molecular weight excluding hydrogens is 733 g/mol. The predicted octanol–water partition coefficient (Wildman–Crippen LogP) is 6.06. The van der Waals surface area contributed by atoms with Gasteiger partial charge in [-0.3, -0.25) is 28.3 Å². The van der Waals surface area contributed by atoms with Gasteiger partial charge in [0.1, 0.15) is 35.4 Å². The summed E-state index contributed by atoms with van der Waals surface area (Å²) < 4.78 is 10.3. The van der Waals surface area contributed by atoms with Crippen LogP contribution in [-0.4, -0.2) is 68.7 Å². The van der Waals surface area contributed by atoms with Gasteiger partial charge in [0.15, 0.2) is 11.6 Å². The first-order valence-corrected chi connectivity index (χ1v) is 18.3. The molecular formula is C42H50N14O2. The monoisotopic (exact) mass is 782 g/mol. The number of hydrogen-bond acceptors (Lipinski definition) is 10. The van der Waals surface area contributed by atoms with Crippen molar-refractivity contribution in [2.45, 2.75) is 67.5 Å². The third-order valence-electron chi connectivity index (χ3n) is 9.41. The normalized spacial score (nSPS) is 11.8. The van der Waals surface area contributed by atoms with Crippen LogP contribution in [0, 0.1) is 0 Å². The highest BCUT2D eigenvalue weighted by Crippen LogP contribution is 2.26. The molecule has 58 heavy (non-hydrogen) atoms. The summed E-state index contributed by atoms with van der Waals surface area (Å²) in [6.07, 6.45) is 13.9. The lowest BCUT2D eigenvalue weighted by atomic mass is 9.95. The number of nitrogens with zero attached hydrogens (tertiary/aromatic N) is 14. The van der Waals surface area contributed by atoms with Crippen LogP contribution < -0.4 is 10.9 Å². The van der Waals surface area contributed by atoms with E-state index in [0.717, 1.165) is 46.7 Å². The molecule has 2 atom stereocenters. The number of rotatable bonds is 10. The zero-order valence-electron chi connectivity index (χ0n) is 32.0. The third kappa shape index (κ3) is 9.12. The highest BCUT2D eigenvalue weighted by atomic mass is 16.1. The third-order valence-corrected chi connectivity index (χ3v) is 9.41. The molecule has 8 rings (SSSR count). The average Bonchev–Trinajstić information content (AvgIpc) is 4.07. The van der Waals surface area contributed by atoms with Gasteiger partial charge in [-0.25, -0.2) is 19.3 Å². The van der Waals surface area contributed by atoms with Crippen LogP contribution in [0.2, 0.25) is 0 Å². The van der Waals surface area contributed by atoms with Crippen LogP contribution in [0.25, 0.3) is 34.2 Å². The minimum atomic E-state index is -0.176. The molecule has 6 heterocycles. The van der Waals surface area contributed by atoms with Crippen molar-refractivity contribution in [1.29, 1.82) is 0 Å². The maximum absolute atomic E-state index is 12.5. The first-order valence-electron chi connectivity index (χ1n) is 18.3. The maximum Gasteiger partial charge on any atom is 0.203 e. The standard InChI is InChI=1S/2C20H21N7O.2CH4/c2*1-4-26-13-21-20(24-26)16-7-5-6-15(10-16)14(2)19-18(28)8-9-27(23-19)17-11-22-25(3)12-17;;/h2*5-14H,4H2,1-3H3;2*1H4. The predicted molar refractivity (Wildman–Crippen MR) is 224 cm³/mol. The molecule has 0 N–H and O–H groups in total. The lowest BCUT2D eigenvalue weighted by Gasteiger charge is -2.13. The van der Waals surface area contributed by atoms with E-state index in [-0.39, 0.29) is 37.5 Å². The molecule has 0 aliphatic rings. The van der Waals surface area contributed by atoms with Gasteiger partial charge in [-0.05, 0) is 37.1 Å². The summed E-state index contributed by atoms with van der Waals surface area (Å²) in [5.74, 6) is 0.990. The van der Waals surface area contributed by atoms with Crippen LogP contribution >= 0.6 is 0 Å². The fourth-order valence-electron chi connectivity index (χ4n) is 6.15. The van der Waals surface area contributed by atoms with E-state index < -0.39 is 0 Å². The van der Waals surface area contributed by atoms with Gasteiger partial charge in [0.05, 0.1) is 24.8 Å². The maximum atomic E-state index is 12.5. The second kappa shape index (κ2) is 18.2. The zero-order valence-corrected chi connectivity index (χ0v) is 32.0. The Morgan fingerprint density at radius 3 is 1.34 bits per heavy atom. The van der Waals surface area contributed by atoms with E-state index in [1.807, 2.05) is 103 Å². The number of benzene rings is 2. The first kappa shape index (κ1) is 42.1. The van der Waals surface area contributed by atoms with E-state index in [4.69, 9.17) is 0 Å². The number of aromatic nitrogens is 14. The summed E-state index contributed by atoms with van der Waals surface area (Å²) in [5.41, 5.74) is 6.19. The molecule has 0 amide bonds. The highest BCUT2D eigenvalue weighted by Gasteiger charge is 2.18. The van der Waals surface area contributed by atoms with Gasteiger partial charge in [-0.15, -0.1) is 0 Å². The van der Waals surface area contributed by atoms with Crippen LogP contribution in [0.4, 0.5) is 0 Å². The molecule has 0 radical (unpaired) electrons. The molecule has 0 saturated carbocycles. The van der Waals surface area contributed by atoms with Crippen LogP contribution in [0.1, 0.15) is 76.9 Å². The Labute approximate surface area is 337 Å². The smallest absolute Gasteiger partial charge is 0.203 e. The summed E-state index contributed by atoms with van der Waals surface area (Å²) in [5, 5.41) is 26.4. The fourth-order valence-corrected chi connectivity index (χ4v) is 6.15. The molecule has 2 unspecified atom stereocenters. The van der Waals surface area contributed by atoms with Gasteiger partial charge >= 0.3 is 0 Å². The minimum Gasteiger partial charge on any atom is -0.288 e. The molecule has 16 nitrogen and oxygen atoms in total. The lowest BCUT2D eigenvalue weighted by molar-refractivity contribution is 0.659. The van der Waals surface area contributed by atoms with E-state index in [0.29, 0.717) is 23.0 Å². The van der Waals surface area contributed by atoms with Crippen molar-refractivity contribution in [3.8, 4) is 34.2 Å². The van der Waals surface area contributed by atoms with E-state index in [1.165, 1.54) is 0 Å². The molecule has 0 spiro atoms. The lowest BCUT2D eigenvalue weighted by Crippen LogP contribution is -2.18. The van der Waals surface area contributed by atoms with Crippen molar-refractivity contribution in [2.24, 2.45) is 14.1 Å². The average molecular weight is 783 g/mol. The molecule has 2 aromatic carbocycles. The topological polar surface area (TPSA) is 167 Å². The highest BCUT2D eigenvalue weighted by molar-refractivity contribution is 5.57. The van der Waals surface area contributed by atoms with Crippen molar-refractivity contribution < 1.29 is 0 Å². The second-order valence-electron chi connectivity index (χ2n) is 13.3. The quantitative estimate of drug-likeness (QED) is 0.159. The fraction of sp³-hybridized carbons (Fsp3) is 0.286. The summed E-state index contributed by atoms with van der Waals surface area (Å²) >= 11 is 0. The Kier molecular flexibility index (Phi) is 13.2. The Morgan fingerprint density at radius 2 is 1.00 bits per heavy atom. The van der Waals surface area contributed by atoms with Gasteiger partial charge in [-0.1, -0.05) is 65.1 Å². The van der Waals surface area contributed by atoms with Crippen LogP contribution in [0.3, 0.4) is 0 Å². The van der Waals surface area contributed by atoms with Gasteiger partial charge in [-0.2, -0.15) is 30.6 Å². The minimum absolute atomic E-state index is 0.